The van der Waals surface area contributed by atoms with Crippen molar-refractivity contribution in [3.63, 3.8) is 0 Å². The van der Waals surface area contributed by atoms with Gasteiger partial charge in [-0.15, -0.1) is 0 Å². The highest BCUT2D eigenvalue weighted by atomic mass is 16.5. The van der Waals surface area contributed by atoms with Crippen LogP contribution < -0.4 is 4.74 Å². The molecule has 0 heterocycles. The van der Waals surface area contributed by atoms with Gasteiger partial charge in [0.25, 0.3) is 0 Å². The predicted octanol–water partition coefficient (Wildman–Crippen LogP) is 2.76. The molecule has 108 valence electrons. The zero-order valence-electron chi connectivity index (χ0n) is 12.9. The number of methoxy groups -OCH3 is 1. The van der Waals surface area contributed by atoms with E-state index in [1.54, 1.807) is 7.11 Å². The third-order valence-corrected chi connectivity index (χ3v) is 3.74. The Bertz CT molecular complexity index is 400. The van der Waals surface area contributed by atoms with Crippen molar-refractivity contribution < 1.29 is 9.84 Å². The molecule has 0 aliphatic heterocycles. The summed E-state index contributed by atoms with van der Waals surface area (Å²) in [5, 5.41) is 9.27. The second-order valence-electron chi connectivity index (χ2n) is 5.40. The van der Waals surface area contributed by atoms with E-state index in [0.29, 0.717) is 5.92 Å². The van der Waals surface area contributed by atoms with Crippen LogP contribution >= 0.6 is 0 Å². The summed E-state index contributed by atoms with van der Waals surface area (Å²) in [4.78, 5) is 2.25. The molecule has 3 nitrogen and oxygen atoms in total. The van der Waals surface area contributed by atoms with Crippen molar-refractivity contribution in [1.29, 1.82) is 0 Å². The minimum Gasteiger partial charge on any atom is -0.496 e. The van der Waals surface area contributed by atoms with Gasteiger partial charge < -0.3 is 14.7 Å². The maximum Gasteiger partial charge on any atom is 0.123 e. The van der Waals surface area contributed by atoms with Gasteiger partial charge in [-0.25, -0.2) is 0 Å². The highest BCUT2D eigenvalue weighted by Crippen LogP contribution is 2.24. The van der Waals surface area contributed by atoms with Gasteiger partial charge in [-0.3, -0.25) is 0 Å². The van der Waals surface area contributed by atoms with E-state index in [1.807, 2.05) is 0 Å². The van der Waals surface area contributed by atoms with E-state index in [4.69, 9.17) is 4.74 Å². The lowest BCUT2D eigenvalue weighted by Crippen LogP contribution is -2.27. The van der Waals surface area contributed by atoms with Crippen LogP contribution in [0.15, 0.2) is 12.1 Å². The van der Waals surface area contributed by atoms with Crippen molar-refractivity contribution in [1.82, 2.24) is 4.90 Å². The lowest BCUT2D eigenvalue weighted by Gasteiger charge is -2.23. The summed E-state index contributed by atoms with van der Waals surface area (Å²) in [6, 6.07) is 4.30. The second-order valence-corrected chi connectivity index (χ2v) is 5.40. The smallest absolute Gasteiger partial charge is 0.123 e. The van der Waals surface area contributed by atoms with Crippen LogP contribution in [-0.2, 0) is 6.54 Å². The number of benzene rings is 1. The SMILES string of the molecule is CCC(CO)CN(C)Cc1cc(C)c(C)cc1OC. The van der Waals surface area contributed by atoms with Crippen LogP contribution in [0.3, 0.4) is 0 Å². The molecule has 0 aliphatic carbocycles. The first-order valence-corrected chi connectivity index (χ1v) is 6.95. The first-order valence-electron chi connectivity index (χ1n) is 6.95. The summed E-state index contributed by atoms with van der Waals surface area (Å²) < 4.78 is 5.46. The Morgan fingerprint density at radius 1 is 1.26 bits per heavy atom. The summed E-state index contributed by atoms with van der Waals surface area (Å²) >= 11 is 0. The molecule has 0 aromatic heterocycles. The highest BCUT2D eigenvalue weighted by molar-refractivity contribution is 5.41. The van der Waals surface area contributed by atoms with E-state index in [9.17, 15) is 5.11 Å². The van der Waals surface area contributed by atoms with Crippen molar-refractivity contribution in [2.24, 2.45) is 5.92 Å². The van der Waals surface area contributed by atoms with Gasteiger partial charge in [-0.2, -0.15) is 0 Å². The van der Waals surface area contributed by atoms with Crippen LogP contribution in [0.25, 0.3) is 0 Å². The van der Waals surface area contributed by atoms with Gasteiger partial charge in [-0.1, -0.05) is 13.0 Å². The molecule has 19 heavy (non-hydrogen) atoms. The van der Waals surface area contributed by atoms with E-state index >= 15 is 0 Å². The molecule has 0 bridgehead atoms. The number of aryl methyl sites for hydroxylation is 2. The Kier molecular flexibility index (Phi) is 6.32. The Hall–Kier alpha value is -1.06. The van der Waals surface area contributed by atoms with Crippen molar-refractivity contribution in [2.75, 3.05) is 27.3 Å². The molecule has 1 N–H and O–H groups in total. The van der Waals surface area contributed by atoms with Crippen LogP contribution in [-0.4, -0.2) is 37.3 Å². The molecule has 0 fully saturated rings. The van der Waals surface area contributed by atoms with Crippen molar-refractivity contribution in [3.8, 4) is 5.75 Å². The second kappa shape index (κ2) is 7.51. The Labute approximate surface area is 117 Å². The molecule has 0 spiro atoms. The average Bonchev–Trinajstić information content (AvgIpc) is 2.39. The summed E-state index contributed by atoms with van der Waals surface area (Å²) in [6.07, 6.45) is 1.00. The van der Waals surface area contributed by atoms with Gasteiger partial charge in [-0.05, 0) is 50.4 Å². The summed E-state index contributed by atoms with van der Waals surface area (Å²) in [5.41, 5.74) is 3.75. The summed E-state index contributed by atoms with van der Waals surface area (Å²) in [7, 11) is 3.81. The quantitative estimate of drug-likeness (QED) is 0.823. The molecular formula is C16H27NO2. The molecule has 0 amide bonds. The first-order chi connectivity index (χ1) is 9.01. The van der Waals surface area contributed by atoms with Crippen molar-refractivity contribution in [3.05, 3.63) is 28.8 Å². The minimum absolute atomic E-state index is 0.255. The maximum atomic E-state index is 9.27. The fourth-order valence-electron chi connectivity index (χ4n) is 2.28. The molecule has 1 rings (SSSR count). The first kappa shape index (κ1) is 16.0. The van der Waals surface area contributed by atoms with E-state index < -0.39 is 0 Å². The van der Waals surface area contributed by atoms with Gasteiger partial charge in [0.15, 0.2) is 0 Å². The Morgan fingerprint density at radius 2 is 1.89 bits per heavy atom. The zero-order valence-corrected chi connectivity index (χ0v) is 12.9. The highest BCUT2D eigenvalue weighted by Gasteiger charge is 2.12. The Morgan fingerprint density at radius 3 is 2.42 bits per heavy atom. The normalized spacial score (nSPS) is 12.8. The van der Waals surface area contributed by atoms with Crippen LogP contribution in [0.5, 0.6) is 5.75 Å². The van der Waals surface area contributed by atoms with Crippen LogP contribution in [0.2, 0.25) is 0 Å². The lowest BCUT2D eigenvalue weighted by molar-refractivity contribution is 0.172. The average molecular weight is 265 g/mol. The van der Waals surface area contributed by atoms with Crippen molar-refractivity contribution >= 4 is 0 Å². The van der Waals surface area contributed by atoms with E-state index in [2.05, 4.69) is 44.9 Å². The van der Waals surface area contributed by atoms with Gasteiger partial charge in [0.2, 0.25) is 0 Å². The van der Waals surface area contributed by atoms with Crippen molar-refractivity contribution in [2.45, 2.75) is 33.7 Å². The van der Waals surface area contributed by atoms with Crippen LogP contribution in [0, 0.1) is 19.8 Å². The number of hydrogen-bond donors (Lipinski definition) is 1. The number of aliphatic hydroxyl groups is 1. The topological polar surface area (TPSA) is 32.7 Å². The number of ether oxygens (including phenoxy) is 1. The fourth-order valence-corrected chi connectivity index (χ4v) is 2.28. The molecule has 0 saturated carbocycles. The molecule has 0 aliphatic rings. The molecular weight excluding hydrogens is 238 g/mol. The maximum absolute atomic E-state index is 9.27. The molecule has 1 unspecified atom stereocenters. The number of hydrogen-bond acceptors (Lipinski definition) is 3. The van der Waals surface area contributed by atoms with E-state index in [1.165, 1.54) is 16.7 Å². The van der Waals surface area contributed by atoms with E-state index in [-0.39, 0.29) is 6.61 Å². The molecule has 0 saturated heterocycles. The molecule has 1 atom stereocenters. The predicted molar refractivity (Wildman–Crippen MR) is 79.7 cm³/mol. The standard InChI is InChI=1S/C16H27NO2/c1-6-14(11-18)9-17(4)10-15-7-12(2)13(3)8-16(15)19-5/h7-8,14,18H,6,9-11H2,1-5H3. The summed E-state index contributed by atoms with van der Waals surface area (Å²) in [5.74, 6) is 1.30. The summed E-state index contributed by atoms with van der Waals surface area (Å²) in [6.45, 7) is 8.35. The fraction of sp³-hybridized carbons (Fsp3) is 0.625. The minimum atomic E-state index is 0.255. The molecule has 1 aromatic carbocycles. The van der Waals surface area contributed by atoms with Gasteiger partial charge in [0.1, 0.15) is 5.75 Å². The van der Waals surface area contributed by atoms with Crippen LogP contribution in [0.4, 0.5) is 0 Å². The Balaban J connectivity index is 2.78. The van der Waals surface area contributed by atoms with Gasteiger partial charge >= 0.3 is 0 Å². The van der Waals surface area contributed by atoms with Gasteiger partial charge in [0.05, 0.1) is 7.11 Å². The van der Waals surface area contributed by atoms with Gasteiger partial charge in [0, 0.05) is 25.3 Å². The lowest BCUT2D eigenvalue weighted by atomic mass is 10.0. The number of rotatable bonds is 7. The molecule has 1 aromatic rings. The zero-order chi connectivity index (χ0) is 14.4. The molecule has 3 heteroatoms. The molecule has 0 radical (unpaired) electrons. The van der Waals surface area contributed by atoms with Crippen LogP contribution in [0.1, 0.15) is 30.0 Å². The van der Waals surface area contributed by atoms with E-state index in [0.717, 1.165) is 25.3 Å². The largest absolute Gasteiger partial charge is 0.496 e. The monoisotopic (exact) mass is 265 g/mol. The third-order valence-electron chi connectivity index (χ3n) is 3.74. The number of aliphatic hydroxyl groups excluding tert-OH is 1. The number of nitrogens with zero attached hydrogens (tertiary/aromatic N) is 1. The third kappa shape index (κ3) is 4.51.